The van der Waals surface area contributed by atoms with Crippen molar-refractivity contribution in [3.05, 3.63) is 41.7 Å². The van der Waals surface area contributed by atoms with Crippen LogP contribution in [0.3, 0.4) is 0 Å². The number of fused-ring (bicyclic) bond motifs is 1. The largest absolute Gasteiger partial charge is 0.355 e. The lowest BCUT2D eigenvalue weighted by molar-refractivity contribution is -0.126. The van der Waals surface area contributed by atoms with E-state index >= 15 is 0 Å². The van der Waals surface area contributed by atoms with Crippen LogP contribution in [-0.2, 0) is 34.2 Å². The molecule has 1 fully saturated rings. The van der Waals surface area contributed by atoms with Gasteiger partial charge in [0.2, 0.25) is 15.9 Å². The van der Waals surface area contributed by atoms with Crippen LogP contribution in [0.4, 0.5) is 4.39 Å². The maximum absolute atomic E-state index is 13.1. The Morgan fingerprint density at radius 1 is 1.10 bits per heavy atom. The fraction of sp³-hybridized carbons (Fsp3) is 0.571. The maximum atomic E-state index is 13.1. The van der Waals surface area contributed by atoms with E-state index in [0.717, 1.165) is 49.6 Å². The SMILES string of the molecule is O=C(NCCc1nnc2n1CCCCC2)C1CCCN(S(=O)(=O)c2ccc(F)cc2)C1. The predicted molar refractivity (Wildman–Crippen MR) is 112 cm³/mol. The lowest BCUT2D eigenvalue weighted by Crippen LogP contribution is -2.45. The zero-order valence-electron chi connectivity index (χ0n) is 17.5. The van der Waals surface area contributed by atoms with E-state index in [0.29, 0.717) is 32.4 Å². The first-order valence-corrected chi connectivity index (χ1v) is 12.3. The van der Waals surface area contributed by atoms with Gasteiger partial charge in [-0.05, 0) is 49.9 Å². The minimum absolute atomic E-state index is 0.0439. The van der Waals surface area contributed by atoms with E-state index in [9.17, 15) is 17.6 Å². The van der Waals surface area contributed by atoms with E-state index in [2.05, 4.69) is 20.1 Å². The van der Waals surface area contributed by atoms with Gasteiger partial charge in [-0.25, -0.2) is 12.8 Å². The molecule has 10 heteroatoms. The van der Waals surface area contributed by atoms with Crippen LogP contribution >= 0.6 is 0 Å². The molecule has 0 bridgehead atoms. The number of piperidine rings is 1. The Bertz CT molecular complexity index is 1020. The molecule has 31 heavy (non-hydrogen) atoms. The van der Waals surface area contributed by atoms with Crippen LogP contribution in [-0.4, -0.2) is 53.0 Å². The van der Waals surface area contributed by atoms with Crippen LogP contribution in [0, 0.1) is 11.7 Å². The fourth-order valence-electron chi connectivity index (χ4n) is 4.30. The van der Waals surface area contributed by atoms with Crippen molar-refractivity contribution in [3.63, 3.8) is 0 Å². The first-order valence-electron chi connectivity index (χ1n) is 10.9. The minimum Gasteiger partial charge on any atom is -0.355 e. The van der Waals surface area contributed by atoms with Crippen LogP contribution in [0.25, 0.3) is 0 Å². The summed E-state index contributed by atoms with van der Waals surface area (Å²) < 4.78 is 42.3. The van der Waals surface area contributed by atoms with Crippen molar-refractivity contribution in [2.45, 2.75) is 56.4 Å². The molecule has 0 saturated carbocycles. The first kappa shape index (κ1) is 21.9. The molecular formula is C21H28FN5O3S. The van der Waals surface area contributed by atoms with Gasteiger partial charge in [0.05, 0.1) is 10.8 Å². The number of aromatic nitrogens is 3. The molecule has 0 radical (unpaired) electrons. The zero-order valence-corrected chi connectivity index (χ0v) is 18.3. The molecule has 2 aliphatic heterocycles. The highest BCUT2D eigenvalue weighted by Gasteiger charge is 2.33. The summed E-state index contributed by atoms with van der Waals surface area (Å²) >= 11 is 0. The van der Waals surface area contributed by atoms with Crippen molar-refractivity contribution >= 4 is 15.9 Å². The molecule has 2 aliphatic rings. The molecule has 0 aliphatic carbocycles. The van der Waals surface area contributed by atoms with Crippen molar-refractivity contribution in [1.82, 2.24) is 24.4 Å². The summed E-state index contributed by atoms with van der Waals surface area (Å²) in [7, 11) is -3.75. The van der Waals surface area contributed by atoms with Crippen LogP contribution < -0.4 is 5.32 Å². The number of hydrogen-bond donors (Lipinski definition) is 1. The Morgan fingerprint density at radius 3 is 2.71 bits per heavy atom. The molecule has 1 aromatic carbocycles. The van der Waals surface area contributed by atoms with Crippen LogP contribution in [0.5, 0.6) is 0 Å². The van der Waals surface area contributed by atoms with Crippen molar-refractivity contribution < 1.29 is 17.6 Å². The topological polar surface area (TPSA) is 97.2 Å². The molecule has 1 saturated heterocycles. The lowest BCUT2D eigenvalue weighted by atomic mass is 9.99. The van der Waals surface area contributed by atoms with Crippen molar-refractivity contribution in [3.8, 4) is 0 Å². The van der Waals surface area contributed by atoms with Crippen LogP contribution in [0.15, 0.2) is 29.2 Å². The normalized spacial score (nSPS) is 20.1. The summed E-state index contributed by atoms with van der Waals surface area (Å²) in [5.41, 5.74) is 0. The Labute approximate surface area is 181 Å². The molecule has 1 N–H and O–H groups in total. The van der Waals surface area contributed by atoms with E-state index in [1.165, 1.54) is 22.9 Å². The number of rotatable bonds is 6. The Morgan fingerprint density at radius 2 is 1.90 bits per heavy atom. The predicted octanol–water partition coefficient (Wildman–Crippen LogP) is 1.90. The number of nitrogens with one attached hydrogen (secondary N) is 1. The summed E-state index contributed by atoms with van der Waals surface area (Å²) in [5.74, 6) is 0.877. The maximum Gasteiger partial charge on any atom is 0.243 e. The molecule has 8 nitrogen and oxygen atoms in total. The van der Waals surface area contributed by atoms with Gasteiger partial charge in [0.15, 0.2) is 0 Å². The van der Waals surface area contributed by atoms with Crippen molar-refractivity contribution in [2.24, 2.45) is 5.92 Å². The summed E-state index contributed by atoms with van der Waals surface area (Å²) in [5, 5.41) is 11.5. The third-order valence-corrected chi connectivity index (χ3v) is 7.92. The van der Waals surface area contributed by atoms with Crippen molar-refractivity contribution in [2.75, 3.05) is 19.6 Å². The van der Waals surface area contributed by atoms with Gasteiger partial charge >= 0.3 is 0 Å². The molecule has 0 spiro atoms. The summed E-state index contributed by atoms with van der Waals surface area (Å²) in [6.45, 7) is 1.85. The van der Waals surface area contributed by atoms with Gasteiger partial charge in [-0.3, -0.25) is 4.79 Å². The minimum atomic E-state index is -3.75. The van der Waals surface area contributed by atoms with Crippen molar-refractivity contribution in [1.29, 1.82) is 0 Å². The molecule has 1 unspecified atom stereocenters. The number of carbonyl (C=O) groups is 1. The molecule has 168 valence electrons. The summed E-state index contributed by atoms with van der Waals surface area (Å²) in [6.07, 6.45) is 6.23. The second-order valence-electron chi connectivity index (χ2n) is 8.19. The van der Waals surface area contributed by atoms with Crippen LogP contribution in [0.2, 0.25) is 0 Å². The molecule has 1 atom stereocenters. The monoisotopic (exact) mass is 449 g/mol. The average Bonchev–Trinajstić information content (AvgIpc) is 3.00. The van der Waals surface area contributed by atoms with E-state index in [4.69, 9.17) is 0 Å². The van der Waals surface area contributed by atoms with E-state index < -0.39 is 21.8 Å². The number of benzene rings is 1. The standard InChI is InChI=1S/C21H28FN5O3S/c22-17-7-9-18(10-8-17)31(29,30)26-13-4-5-16(15-26)21(28)23-12-11-20-25-24-19-6-2-1-3-14-27(19)20/h7-10,16H,1-6,11-15H2,(H,23,28). The van der Waals surface area contributed by atoms with E-state index in [1.54, 1.807) is 0 Å². The smallest absolute Gasteiger partial charge is 0.243 e. The highest BCUT2D eigenvalue weighted by atomic mass is 32.2. The number of carbonyl (C=O) groups excluding carboxylic acids is 1. The van der Waals surface area contributed by atoms with E-state index in [-0.39, 0.29) is 17.3 Å². The quantitative estimate of drug-likeness (QED) is 0.727. The fourth-order valence-corrected chi connectivity index (χ4v) is 5.83. The number of amides is 1. The molecule has 1 amide bonds. The highest BCUT2D eigenvalue weighted by Crippen LogP contribution is 2.24. The lowest BCUT2D eigenvalue weighted by Gasteiger charge is -2.31. The Hall–Kier alpha value is -2.33. The van der Waals surface area contributed by atoms with Gasteiger partial charge in [0.1, 0.15) is 17.5 Å². The number of halogens is 1. The zero-order chi connectivity index (χ0) is 21.8. The summed E-state index contributed by atoms with van der Waals surface area (Å²) in [4.78, 5) is 12.7. The van der Waals surface area contributed by atoms with Gasteiger partial charge in [0.25, 0.3) is 0 Å². The van der Waals surface area contributed by atoms with Gasteiger partial charge in [-0.1, -0.05) is 6.42 Å². The second kappa shape index (κ2) is 9.44. The average molecular weight is 450 g/mol. The Kier molecular flexibility index (Phi) is 6.66. The third-order valence-electron chi connectivity index (χ3n) is 6.04. The number of sulfonamides is 1. The number of hydrogen-bond acceptors (Lipinski definition) is 5. The van der Waals surface area contributed by atoms with Gasteiger partial charge in [0, 0.05) is 39.0 Å². The highest BCUT2D eigenvalue weighted by molar-refractivity contribution is 7.89. The third kappa shape index (κ3) is 4.95. The van der Waals surface area contributed by atoms with E-state index in [1.807, 2.05) is 0 Å². The number of nitrogens with zero attached hydrogens (tertiary/aromatic N) is 4. The molecule has 1 aromatic heterocycles. The van der Waals surface area contributed by atoms with Gasteiger partial charge < -0.3 is 9.88 Å². The number of aryl methyl sites for hydroxylation is 1. The summed E-state index contributed by atoms with van der Waals surface area (Å²) in [6, 6.07) is 4.78. The molecule has 3 heterocycles. The molecular weight excluding hydrogens is 421 g/mol. The van der Waals surface area contributed by atoms with Gasteiger partial charge in [-0.2, -0.15) is 4.31 Å². The molecule has 4 rings (SSSR count). The van der Waals surface area contributed by atoms with Gasteiger partial charge in [-0.15, -0.1) is 10.2 Å². The second-order valence-corrected chi connectivity index (χ2v) is 10.1. The first-order chi connectivity index (χ1) is 14.9. The Balaban J connectivity index is 1.33. The molecule has 2 aromatic rings. The van der Waals surface area contributed by atoms with Crippen LogP contribution in [0.1, 0.15) is 43.8 Å².